The van der Waals surface area contributed by atoms with Crippen molar-refractivity contribution in [3.8, 4) is 5.75 Å². The summed E-state index contributed by atoms with van der Waals surface area (Å²) in [5.74, 6) is 0.925. The summed E-state index contributed by atoms with van der Waals surface area (Å²) in [6.45, 7) is 9.87. The van der Waals surface area contributed by atoms with Gasteiger partial charge in [-0.2, -0.15) is 0 Å². The van der Waals surface area contributed by atoms with Gasteiger partial charge in [-0.05, 0) is 33.8 Å². The number of benzene rings is 1. The number of rotatable bonds is 6. The van der Waals surface area contributed by atoms with E-state index in [-0.39, 0.29) is 11.6 Å². The van der Waals surface area contributed by atoms with E-state index in [2.05, 4.69) is 39.1 Å². The molecule has 3 nitrogen and oxygen atoms in total. The first-order valence-corrected chi connectivity index (χ1v) is 6.44. The fourth-order valence-electron chi connectivity index (χ4n) is 1.77. The van der Waals surface area contributed by atoms with Crippen molar-refractivity contribution in [3.63, 3.8) is 0 Å². The maximum absolute atomic E-state index is 5.68. The van der Waals surface area contributed by atoms with Gasteiger partial charge in [0.2, 0.25) is 0 Å². The monoisotopic (exact) mass is 251 g/mol. The van der Waals surface area contributed by atoms with Crippen molar-refractivity contribution in [1.29, 1.82) is 0 Å². The summed E-state index contributed by atoms with van der Waals surface area (Å²) >= 11 is 0. The van der Waals surface area contributed by atoms with Gasteiger partial charge >= 0.3 is 0 Å². The fraction of sp³-hybridized carbons (Fsp3) is 0.600. The van der Waals surface area contributed by atoms with E-state index in [1.165, 1.54) is 5.56 Å². The summed E-state index contributed by atoms with van der Waals surface area (Å²) in [5, 5.41) is 3.44. The van der Waals surface area contributed by atoms with Gasteiger partial charge in [0.1, 0.15) is 5.75 Å². The van der Waals surface area contributed by atoms with Crippen LogP contribution >= 0.6 is 0 Å². The van der Waals surface area contributed by atoms with Gasteiger partial charge in [-0.1, -0.05) is 18.2 Å². The lowest BCUT2D eigenvalue weighted by atomic mass is 10.1. The number of nitrogens with one attached hydrogen (secondary N) is 1. The topological polar surface area (TPSA) is 30.5 Å². The number of para-hydroxylation sites is 1. The third kappa shape index (κ3) is 5.07. The Bertz CT molecular complexity index is 358. The Morgan fingerprint density at radius 2 is 1.89 bits per heavy atom. The molecule has 0 unspecified atom stereocenters. The van der Waals surface area contributed by atoms with Crippen molar-refractivity contribution in [3.05, 3.63) is 29.8 Å². The van der Waals surface area contributed by atoms with E-state index in [0.29, 0.717) is 6.61 Å². The number of hydrogen-bond donors (Lipinski definition) is 1. The molecule has 0 aliphatic carbocycles. The quantitative estimate of drug-likeness (QED) is 0.788. The zero-order chi connectivity index (χ0) is 13.6. The van der Waals surface area contributed by atoms with Crippen molar-refractivity contribution < 1.29 is 9.47 Å². The Kier molecular flexibility index (Phi) is 5.63. The van der Waals surface area contributed by atoms with E-state index in [0.717, 1.165) is 12.3 Å². The molecular formula is C15H25NO2. The number of ether oxygens (including phenoxy) is 2. The molecule has 0 aliphatic heterocycles. The van der Waals surface area contributed by atoms with Crippen LogP contribution in [0.1, 0.15) is 39.3 Å². The number of hydrogen-bond acceptors (Lipinski definition) is 3. The molecule has 1 N–H and O–H groups in total. The maximum atomic E-state index is 5.68. The van der Waals surface area contributed by atoms with Crippen LogP contribution in [0.3, 0.4) is 0 Å². The molecule has 1 atom stereocenters. The molecule has 3 heteroatoms. The summed E-state index contributed by atoms with van der Waals surface area (Å²) < 4.78 is 11.0. The van der Waals surface area contributed by atoms with E-state index < -0.39 is 0 Å². The van der Waals surface area contributed by atoms with E-state index in [9.17, 15) is 0 Å². The highest BCUT2D eigenvalue weighted by molar-refractivity contribution is 5.35. The molecule has 1 aromatic rings. The minimum Gasteiger partial charge on any atom is -0.496 e. The standard InChI is InChI=1S/C15H25NO2/c1-12(16-10-11-18-15(2,3)4)13-8-6-7-9-14(13)17-5/h6-9,12,16H,10-11H2,1-5H3/t12-/m0/s1. The fourth-order valence-corrected chi connectivity index (χ4v) is 1.77. The van der Waals surface area contributed by atoms with E-state index in [1.807, 2.05) is 18.2 Å². The second kappa shape index (κ2) is 6.76. The van der Waals surface area contributed by atoms with Crippen LogP contribution in [0, 0.1) is 0 Å². The first kappa shape index (κ1) is 15.0. The van der Waals surface area contributed by atoms with Crippen LogP contribution in [-0.2, 0) is 4.74 Å². The molecule has 0 aliphatic rings. The minimum atomic E-state index is -0.0741. The van der Waals surface area contributed by atoms with Crippen LogP contribution in [0.15, 0.2) is 24.3 Å². The molecule has 1 rings (SSSR count). The van der Waals surface area contributed by atoms with Crippen molar-refractivity contribution in [2.24, 2.45) is 0 Å². The molecule has 0 aromatic heterocycles. The lowest BCUT2D eigenvalue weighted by Gasteiger charge is -2.21. The highest BCUT2D eigenvalue weighted by Crippen LogP contribution is 2.23. The molecule has 0 heterocycles. The Morgan fingerprint density at radius 1 is 1.22 bits per heavy atom. The van der Waals surface area contributed by atoms with Crippen molar-refractivity contribution in [2.75, 3.05) is 20.3 Å². The smallest absolute Gasteiger partial charge is 0.123 e. The molecule has 0 saturated carbocycles. The van der Waals surface area contributed by atoms with Gasteiger partial charge in [0.05, 0.1) is 19.3 Å². The maximum Gasteiger partial charge on any atom is 0.123 e. The van der Waals surface area contributed by atoms with E-state index in [4.69, 9.17) is 9.47 Å². The summed E-state index contributed by atoms with van der Waals surface area (Å²) in [5.41, 5.74) is 1.10. The molecular weight excluding hydrogens is 226 g/mol. The average Bonchev–Trinajstić information content (AvgIpc) is 2.33. The van der Waals surface area contributed by atoms with Crippen molar-refractivity contribution in [1.82, 2.24) is 5.32 Å². The first-order valence-electron chi connectivity index (χ1n) is 6.44. The van der Waals surface area contributed by atoms with Gasteiger partial charge in [-0.3, -0.25) is 0 Å². The van der Waals surface area contributed by atoms with Gasteiger partial charge in [-0.15, -0.1) is 0 Å². The van der Waals surface area contributed by atoms with E-state index >= 15 is 0 Å². The zero-order valence-corrected chi connectivity index (χ0v) is 12.1. The molecule has 0 bridgehead atoms. The van der Waals surface area contributed by atoms with Crippen molar-refractivity contribution in [2.45, 2.75) is 39.3 Å². The van der Waals surface area contributed by atoms with Gasteiger partial charge < -0.3 is 14.8 Å². The zero-order valence-electron chi connectivity index (χ0n) is 12.1. The van der Waals surface area contributed by atoms with Gasteiger partial charge in [0, 0.05) is 18.2 Å². The largest absolute Gasteiger partial charge is 0.496 e. The molecule has 0 fully saturated rings. The lowest BCUT2D eigenvalue weighted by molar-refractivity contribution is -0.00151. The van der Waals surface area contributed by atoms with Gasteiger partial charge in [0.25, 0.3) is 0 Å². The second-order valence-corrected chi connectivity index (χ2v) is 5.38. The predicted molar refractivity (Wildman–Crippen MR) is 75.1 cm³/mol. The average molecular weight is 251 g/mol. The molecule has 0 spiro atoms. The Morgan fingerprint density at radius 3 is 2.50 bits per heavy atom. The third-order valence-corrected chi connectivity index (χ3v) is 2.69. The number of methoxy groups -OCH3 is 1. The minimum absolute atomic E-state index is 0.0741. The molecule has 0 amide bonds. The molecule has 18 heavy (non-hydrogen) atoms. The van der Waals surface area contributed by atoms with Crippen LogP contribution < -0.4 is 10.1 Å². The Balaban J connectivity index is 2.43. The van der Waals surface area contributed by atoms with Crippen LogP contribution in [0.2, 0.25) is 0 Å². The second-order valence-electron chi connectivity index (χ2n) is 5.38. The first-order chi connectivity index (χ1) is 8.44. The SMILES string of the molecule is COc1ccccc1[C@H](C)NCCOC(C)(C)C. The molecule has 1 aromatic carbocycles. The summed E-state index contributed by atoms with van der Waals surface area (Å²) in [6, 6.07) is 8.34. The van der Waals surface area contributed by atoms with Crippen LogP contribution in [0.25, 0.3) is 0 Å². The van der Waals surface area contributed by atoms with E-state index in [1.54, 1.807) is 7.11 Å². The Hall–Kier alpha value is -1.06. The van der Waals surface area contributed by atoms with Gasteiger partial charge in [0.15, 0.2) is 0 Å². The Labute approximate surface area is 110 Å². The summed E-state index contributed by atoms with van der Waals surface area (Å²) in [7, 11) is 1.70. The van der Waals surface area contributed by atoms with Crippen LogP contribution in [-0.4, -0.2) is 25.9 Å². The summed E-state index contributed by atoms with van der Waals surface area (Å²) in [4.78, 5) is 0. The summed E-state index contributed by atoms with van der Waals surface area (Å²) in [6.07, 6.45) is 0. The third-order valence-electron chi connectivity index (χ3n) is 2.69. The molecule has 102 valence electrons. The van der Waals surface area contributed by atoms with Crippen LogP contribution in [0.4, 0.5) is 0 Å². The lowest BCUT2D eigenvalue weighted by Crippen LogP contribution is -2.28. The van der Waals surface area contributed by atoms with Crippen molar-refractivity contribution >= 4 is 0 Å². The predicted octanol–water partition coefficient (Wildman–Crippen LogP) is 3.16. The highest BCUT2D eigenvalue weighted by atomic mass is 16.5. The van der Waals surface area contributed by atoms with Gasteiger partial charge in [-0.25, -0.2) is 0 Å². The normalized spacial score (nSPS) is 13.4. The highest BCUT2D eigenvalue weighted by Gasteiger charge is 2.12. The molecule has 0 radical (unpaired) electrons. The molecule has 0 saturated heterocycles. The van der Waals surface area contributed by atoms with Crippen LogP contribution in [0.5, 0.6) is 5.75 Å².